The summed E-state index contributed by atoms with van der Waals surface area (Å²) in [6, 6.07) is 11.3. The molecular formula is C53H59N10O11PS. The number of benzene rings is 1. The molecule has 0 saturated carbocycles. The molecule has 23 heteroatoms. The average Bonchev–Trinajstić information content (AvgIpc) is 4.05. The molecule has 76 heavy (non-hydrogen) atoms. The molecule has 9 heterocycles. The Morgan fingerprint density at radius 1 is 0.868 bits per heavy atom. The quantitative estimate of drug-likeness (QED) is 0.0665. The summed E-state index contributed by atoms with van der Waals surface area (Å²) in [4.78, 5) is 119. The molecule has 11 rings (SSSR count). The monoisotopic (exact) mass is 1080 g/mol. The maximum atomic E-state index is 14.4. The van der Waals surface area contributed by atoms with Crippen molar-refractivity contribution in [1.82, 2.24) is 29.7 Å². The summed E-state index contributed by atoms with van der Waals surface area (Å²) >= 11 is 1.50. The summed E-state index contributed by atoms with van der Waals surface area (Å²) in [6.07, 6.45) is 9.42. The summed E-state index contributed by atoms with van der Waals surface area (Å²) in [5.41, 5.74) is 4.43. The molecule has 0 radical (unpaired) electrons. The van der Waals surface area contributed by atoms with Crippen LogP contribution in [0, 0.1) is 0 Å². The first-order chi connectivity index (χ1) is 37.7. The van der Waals surface area contributed by atoms with Crippen molar-refractivity contribution < 1.29 is 51.7 Å². The molecule has 4 N–H and O–H groups in total. The minimum atomic E-state index is -4.97. The van der Waals surface area contributed by atoms with Crippen molar-refractivity contribution in [1.29, 1.82) is 0 Å². The number of ether oxygens (including phenoxy) is 1. The standard InChI is InChI=1S/C53H59N10O11PS/c1-30-27-60(33-15-19-59(20-16-33)34-8-10-39-40(25-34)51(67)63(50(39)66)43-11-13-46(64)57-49(43)65)22-23-61(30)35-9-12-45(55-26-35)56-42-24-32(28-58(3)52(42)68)36-14-18-54-48(41(36)29-73-31(2)74-75(70,71)72)62-21-17-38-37-6-4-5-7-44(37)76-47(38)53(62)69/h8-10,12,14,18,24-26,28,30-31,33,43H,4-7,11,13,15-17,19-23,27,29H2,1-3H3,(H,55,56)(H,57,64,65)(H2,70,71,72)/t30-,31?,43-/m0/s1/i3D3. The number of aromatic nitrogens is 3. The van der Waals surface area contributed by atoms with Crippen molar-refractivity contribution >= 4 is 77.4 Å². The number of nitrogens with one attached hydrogen (secondary N) is 2. The second-order valence-corrected chi connectivity index (χ2v) is 22.4. The highest BCUT2D eigenvalue weighted by molar-refractivity contribution is 7.46. The van der Waals surface area contributed by atoms with Gasteiger partial charge in [0, 0.05) is 103 Å². The predicted molar refractivity (Wildman–Crippen MR) is 283 cm³/mol. The van der Waals surface area contributed by atoms with E-state index in [0.29, 0.717) is 33.0 Å². The van der Waals surface area contributed by atoms with E-state index in [-0.39, 0.29) is 72.0 Å². The number of aryl methyl sites for hydroxylation is 2. The van der Waals surface area contributed by atoms with Crippen LogP contribution in [0.1, 0.15) is 108 Å². The number of rotatable bonds is 13. The highest BCUT2D eigenvalue weighted by atomic mass is 32.1. The van der Waals surface area contributed by atoms with Crippen LogP contribution in [0.4, 0.5) is 28.7 Å². The average molecular weight is 1080 g/mol. The number of phosphoric acid groups is 1. The number of phosphoric ester groups is 1. The van der Waals surface area contributed by atoms with E-state index >= 15 is 0 Å². The number of anilines is 5. The second-order valence-electron chi connectivity index (χ2n) is 20.1. The Morgan fingerprint density at radius 3 is 2.41 bits per heavy atom. The van der Waals surface area contributed by atoms with Gasteiger partial charge in [0.05, 0.1) is 34.5 Å². The van der Waals surface area contributed by atoms with Crippen LogP contribution < -0.4 is 30.9 Å². The van der Waals surface area contributed by atoms with Gasteiger partial charge in [-0.05, 0) is 124 Å². The first-order valence-corrected chi connectivity index (χ1v) is 28.0. The number of hydrogen-bond acceptors (Lipinski definition) is 16. The molecule has 398 valence electrons. The van der Waals surface area contributed by atoms with Crippen molar-refractivity contribution in [3.05, 3.63) is 109 Å². The fourth-order valence-electron chi connectivity index (χ4n) is 11.7. The van der Waals surface area contributed by atoms with Crippen molar-refractivity contribution in [2.24, 2.45) is 6.98 Å². The van der Waals surface area contributed by atoms with E-state index in [1.807, 2.05) is 12.1 Å². The Labute approximate surface area is 446 Å². The van der Waals surface area contributed by atoms with Gasteiger partial charge < -0.3 is 34.2 Å². The molecule has 3 fully saturated rings. The SMILES string of the molecule is [2H]C([2H])([2H])n1cc(-c2ccnc(N3CCc4c(sc5c4CCCC5)C3=O)c2COC(C)OP(=O)(O)O)cc(Nc2ccc(N3CCN(C4CCN(c5ccc6c(c5)C(=O)N([C@H]5CCC(=O)NC5=O)C6=O)CC4)C[C@@H]3C)cn2)c1=O. The second kappa shape index (κ2) is 20.7. The number of piperidine rings is 2. The fourth-order valence-corrected chi connectivity index (χ4v) is 13.5. The maximum Gasteiger partial charge on any atom is 0.471 e. The molecule has 5 aromatic rings. The summed E-state index contributed by atoms with van der Waals surface area (Å²) in [6.45, 7) is 4.24. The predicted octanol–water partition coefficient (Wildman–Crippen LogP) is 5.28. The van der Waals surface area contributed by atoms with E-state index in [1.165, 1.54) is 47.2 Å². The van der Waals surface area contributed by atoms with E-state index in [1.54, 1.807) is 35.4 Å². The minimum absolute atomic E-state index is 0.0521. The third-order valence-corrected chi connectivity index (χ3v) is 17.3. The lowest BCUT2D eigenvalue weighted by atomic mass is 9.92. The molecule has 3 atom stereocenters. The third kappa shape index (κ3) is 9.98. The number of nitrogens with zero attached hydrogens (tertiary/aromatic N) is 8. The van der Waals surface area contributed by atoms with Crippen LogP contribution in [0.15, 0.2) is 65.8 Å². The first kappa shape index (κ1) is 47.8. The summed E-state index contributed by atoms with van der Waals surface area (Å²) < 4.78 is 48.1. The van der Waals surface area contributed by atoms with Gasteiger partial charge in [0.2, 0.25) is 11.8 Å². The zero-order chi connectivity index (χ0) is 55.7. The summed E-state index contributed by atoms with van der Waals surface area (Å²) in [5, 5.41) is 5.29. The molecule has 0 bridgehead atoms. The molecule has 1 aliphatic carbocycles. The van der Waals surface area contributed by atoms with E-state index < -0.39 is 56.3 Å². The number of imide groups is 2. The Balaban J connectivity index is 0.775. The summed E-state index contributed by atoms with van der Waals surface area (Å²) in [5.74, 6) is -1.90. The van der Waals surface area contributed by atoms with Gasteiger partial charge in [-0.15, -0.1) is 11.3 Å². The number of carbonyl (C=O) groups excluding carboxylic acids is 5. The van der Waals surface area contributed by atoms with Gasteiger partial charge in [-0.2, -0.15) is 0 Å². The van der Waals surface area contributed by atoms with Crippen LogP contribution >= 0.6 is 19.2 Å². The van der Waals surface area contributed by atoms with E-state index in [9.17, 15) is 43.1 Å². The highest BCUT2D eigenvalue weighted by Gasteiger charge is 2.45. The van der Waals surface area contributed by atoms with Gasteiger partial charge in [0.1, 0.15) is 23.4 Å². The number of amides is 5. The maximum absolute atomic E-state index is 14.4. The fraction of sp³-hybridized carbons (Fsp3) is 0.434. The van der Waals surface area contributed by atoms with E-state index in [4.69, 9.17) is 13.4 Å². The molecule has 0 spiro atoms. The number of piperazine rings is 1. The molecular weight excluding hydrogens is 1020 g/mol. The summed E-state index contributed by atoms with van der Waals surface area (Å²) in [7, 11) is -4.97. The Morgan fingerprint density at radius 2 is 1.66 bits per heavy atom. The third-order valence-electron chi connectivity index (χ3n) is 15.4. The Hall–Kier alpha value is -6.65. The van der Waals surface area contributed by atoms with Crippen molar-refractivity contribution in [2.45, 2.75) is 103 Å². The van der Waals surface area contributed by atoms with E-state index in [0.717, 1.165) is 93.1 Å². The molecule has 21 nitrogen and oxygen atoms in total. The highest BCUT2D eigenvalue weighted by Crippen LogP contribution is 2.42. The number of carbonyl (C=O) groups is 5. The largest absolute Gasteiger partial charge is 0.471 e. The van der Waals surface area contributed by atoms with Gasteiger partial charge in [-0.3, -0.25) is 53.3 Å². The van der Waals surface area contributed by atoms with Crippen molar-refractivity contribution in [2.75, 3.05) is 59.3 Å². The zero-order valence-electron chi connectivity index (χ0n) is 44.9. The number of thiophene rings is 1. The van der Waals surface area contributed by atoms with Crippen LogP contribution in [0.3, 0.4) is 0 Å². The number of pyridine rings is 3. The Bertz CT molecular complexity index is 3400. The molecule has 5 amide bonds. The molecule has 5 aliphatic heterocycles. The topological polar surface area (TPSA) is 249 Å². The zero-order valence-corrected chi connectivity index (χ0v) is 43.6. The molecule has 6 aliphatic rings. The van der Waals surface area contributed by atoms with Crippen LogP contribution in [0.25, 0.3) is 11.1 Å². The van der Waals surface area contributed by atoms with Crippen LogP contribution in [-0.2, 0) is 56.3 Å². The van der Waals surface area contributed by atoms with Crippen LogP contribution in [0.2, 0.25) is 0 Å². The molecule has 4 aromatic heterocycles. The van der Waals surface area contributed by atoms with E-state index in [2.05, 4.69) is 42.2 Å². The lowest BCUT2D eigenvalue weighted by molar-refractivity contribution is -0.136. The van der Waals surface area contributed by atoms with Gasteiger partial charge in [-0.1, -0.05) is 0 Å². The molecule has 3 saturated heterocycles. The number of fused-ring (bicyclic) bond motifs is 4. The first-order valence-electron chi connectivity index (χ1n) is 27.1. The lowest BCUT2D eigenvalue weighted by Gasteiger charge is -2.46. The van der Waals surface area contributed by atoms with Gasteiger partial charge in [0.25, 0.3) is 23.3 Å². The van der Waals surface area contributed by atoms with Crippen LogP contribution in [-0.4, -0.2) is 127 Å². The molecule has 1 aromatic carbocycles. The van der Waals surface area contributed by atoms with Gasteiger partial charge in [0.15, 0.2) is 6.29 Å². The van der Waals surface area contributed by atoms with Gasteiger partial charge in [-0.25, -0.2) is 14.5 Å². The van der Waals surface area contributed by atoms with Gasteiger partial charge >= 0.3 is 7.82 Å². The van der Waals surface area contributed by atoms with Crippen LogP contribution in [0.5, 0.6) is 0 Å². The normalized spacial score (nSPS) is 21.7. The minimum Gasteiger partial charge on any atom is -0.371 e. The molecule has 1 unspecified atom stereocenters. The van der Waals surface area contributed by atoms with Crippen molar-refractivity contribution in [3.63, 3.8) is 0 Å². The van der Waals surface area contributed by atoms with Crippen molar-refractivity contribution in [3.8, 4) is 11.1 Å². The Kier molecular flexibility index (Phi) is 13.0. The lowest BCUT2D eigenvalue weighted by Crippen LogP contribution is -2.57. The smallest absolute Gasteiger partial charge is 0.371 e. The number of hydrogen-bond donors (Lipinski definition) is 4.